The number of sulfone groups is 1. The van der Waals surface area contributed by atoms with Crippen molar-refractivity contribution < 1.29 is 34.7 Å². The number of ether oxygens (including phenoxy) is 1. The summed E-state index contributed by atoms with van der Waals surface area (Å²) in [5, 5.41) is -0.884. The molecule has 0 spiro atoms. The van der Waals surface area contributed by atoms with Gasteiger partial charge in [0.2, 0.25) is 10.0 Å². The first kappa shape index (κ1) is 21.6. The maximum Gasteiger partial charge on any atom is 0.573 e. The van der Waals surface area contributed by atoms with Gasteiger partial charge in [0.15, 0.2) is 9.84 Å². The smallest absolute Gasteiger partial charge is 0.404 e. The normalized spacial score (nSPS) is 20.7. The number of alkyl halides is 3. The van der Waals surface area contributed by atoms with Crippen molar-refractivity contribution in [1.82, 2.24) is 4.31 Å². The van der Waals surface area contributed by atoms with E-state index in [1.807, 2.05) is 0 Å². The van der Waals surface area contributed by atoms with Crippen LogP contribution in [0.2, 0.25) is 0 Å². The Labute approximate surface area is 166 Å². The summed E-state index contributed by atoms with van der Waals surface area (Å²) in [5.74, 6) is -1.29. The molecular formula is C18H18F3NO5S2. The number of para-hydroxylation sites is 1. The van der Waals surface area contributed by atoms with Crippen molar-refractivity contribution in [3.05, 3.63) is 60.2 Å². The van der Waals surface area contributed by atoms with Crippen LogP contribution in [-0.4, -0.2) is 46.3 Å². The Kier molecular flexibility index (Phi) is 5.93. The number of benzene rings is 2. The molecule has 0 N–H and O–H groups in total. The number of halogens is 3. The third-order valence-corrected chi connectivity index (χ3v) is 8.63. The summed E-state index contributed by atoms with van der Waals surface area (Å²) in [6.07, 6.45) is -5.07. The lowest BCUT2D eigenvalue weighted by molar-refractivity contribution is -0.275. The van der Waals surface area contributed by atoms with Gasteiger partial charge >= 0.3 is 6.36 Å². The molecule has 11 heteroatoms. The topological polar surface area (TPSA) is 80.8 Å². The van der Waals surface area contributed by atoms with Crippen molar-refractivity contribution >= 4 is 19.9 Å². The SMILES string of the molecule is O=S1(=O)CCN(S(=O)(=O)c2ccccc2OC(F)(F)F)CCC1c1ccccc1. The van der Waals surface area contributed by atoms with Crippen LogP contribution in [0, 0.1) is 0 Å². The van der Waals surface area contributed by atoms with Crippen LogP contribution in [-0.2, 0) is 19.9 Å². The second-order valence-electron chi connectivity index (χ2n) is 6.45. The van der Waals surface area contributed by atoms with E-state index >= 15 is 0 Å². The fourth-order valence-corrected chi connectivity index (χ4v) is 6.70. The van der Waals surface area contributed by atoms with Crippen molar-refractivity contribution in [1.29, 1.82) is 0 Å². The molecule has 3 rings (SSSR count). The molecule has 1 saturated heterocycles. The fourth-order valence-electron chi connectivity index (χ4n) is 3.22. The van der Waals surface area contributed by atoms with Gasteiger partial charge < -0.3 is 4.74 Å². The lowest BCUT2D eigenvalue weighted by atomic mass is 10.1. The minimum absolute atomic E-state index is 0.00608. The maximum atomic E-state index is 13.0. The standard InChI is InChI=1S/C18H18F3NO5S2/c19-18(20,21)27-15-8-4-5-9-17(15)29(25,26)22-11-10-16(28(23,24)13-12-22)14-6-2-1-3-7-14/h1-9,16H,10-13H2. The Hall–Kier alpha value is -2.11. The molecule has 1 fully saturated rings. The van der Waals surface area contributed by atoms with Crippen molar-refractivity contribution in [2.75, 3.05) is 18.8 Å². The van der Waals surface area contributed by atoms with E-state index in [0.717, 1.165) is 16.4 Å². The lowest BCUT2D eigenvalue weighted by Crippen LogP contribution is -2.34. The van der Waals surface area contributed by atoms with Gasteiger partial charge in [-0.15, -0.1) is 13.2 Å². The predicted molar refractivity (Wildman–Crippen MR) is 99.5 cm³/mol. The first-order valence-electron chi connectivity index (χ1n) is 8.62. The van der Waals surface area contributed by atoms with Crippen LogP contribution in [0.4, 0.5) is 13.2 Å². The van der Waals surface area contributed by atoms with E-state index in [9.17, 15) is 30.0 Å². The summed E-state index contributed by atoms with van der Waals surface area (Å²) < 4.78 is 94.0. The monoisotopic (exact) mass is 449 g/mol. The molecule has 2 aromatic rings. The highest BCUT2D eigenvalue weighted by atomic mass is 32.2. The van der Waals surface area contributed by atoms with Gasteiger partial charge in [-0.25, -0.2) is 16.8 Å². The van der Waals surface area contributed by atoms with Gasteiger partial charge in [0.25, 0.3) is 0 Å². The van der Waals surface area contributed by atoms with E-state index in [2.05, 4.69) is 4.74 Å². The van der Waals surface area contributed by atoms with E-state index < -0.39 is 47.9 Å². The molecule has 2 aromatic carbocycles. The van der Waals surface area contributed by atoms with Crippen LogP contribution in [0.25, 0.3) is 0 Å². The van der Waals surface area contributed by atoms with E-state index in [1.165, 1.54) is 12.1 Å². The van der Waals surface area contributed by atoms with Crippen molar-refractivity contribution in [2.24, 2.45) is 0 Å². The second kappa shape index (κ2) is 7.96. The van der Waals surface area contributed by atoms with Crippen molar-refractivity contribution in [2.45, 2.75) is 22.9 Å². The molecule has 0 aromatic heterocycles. The second-order valence-corrected chi connectivity index (χ2v) is 10.7. The molecule has 29 heavy (non-hydrogen) atoms. The van der Waals surface area contributed by atoms with Crippen LogP contribution in [0.15, 0.2) is 59.5 Å². The number of sulfonamides is 1. The van der Waals surface area contributed by atoms with Gasteiger partial charge in [0, 0.05) is 13.1 Å². The molecule has 1 aliphatic rings. The summed E-state index contributed by atoms with van der Waals surface area (Å²) in [4.78, 5) is -0.659. The van der Waals surface area contributed by atoms with Crippen LogP contribution in [0.5, 0.6) is 5.75 Å². The summed E-state index contributed by atoms with van der Waals surface area (Å²) >= 11 is 0. The molecular weight excluding hydrogens is 431 g/mol. The summed E-state index contributed by atoms with van der Waals surface area (Å²) in [6, 6.07) is 12.8. The van der Waals surface area contributed by atoms with Gasteiger partial charge in [-0.2, -0.15) is 4.31 Å². The molecule has 0 amide bonds. The molecule has 158 valence electrons. The average Bonchev–Trinajstić information content (AvgIpc) is 2.80. The van der Waals surface area contributed by atoms with Gasteiger partial charge in [-0.05, 0) is 24.1 Å². The zero-order chi connectivity index (χ0) is 21.3. The molecule has 1 unspecified atom stereocenters. The zero-order valence-corrected chi connectivity index (χ0v) is 16.7. The predicted octanol–water partition coefficient (Wildman–Crippen LogP) is 3.14. The minimum atomic E-state index is -5.06. The Bertz CT molecular complexity index is 1070. The van der Waals surface area contributed by atoms with E-state index in [4.69, 9.17) is 0 Å². The summed E-state index contributed by atoms with van der Waals surface area (Å²) in [5.41, 5.74) is 0.549. The van der Waals surface area contributed by atoms with Crippen molar-refractivity contribution in [3.63, 3.8) is 0 Å². The van der Waals surface area contributed by atoms with E-state index in [0.29, 0.717) is 5.56 Å². The third-order valence-electron chi connectivity index (χ3n) is 4.56. The highest BCUT2D eigenvalue weighted by Crippen LogP contribution is 2.34. The number of rotatable bonds is 4. The Morgan fingerprint density at radius 3 is 2.24 bits per heavy atom. The van der Waals surface area contributed by atoms with Crippen LogP contribution >= 0.6 is 0 Å². The molecule has 1 aliphatic heterocycles. The number of hydrogen-bond acceptors (Lipinski definition) is 5. The molecule has 0 radical (unpaired) electrons. The van der Waals surface area contributed by atoms with Gasteiger partial charge in [-0.1, -0.05) is 42.5 Å². The molecule has 1 heterocycles. The van der Waals surface area contributed by atoms with Crippen LogP contribution < -0.4 is 4.74 Å². The maximum absolute atomic E-state index is 13.0. The fraction of sp³-hybridized carbons (Fsp3) is 0.333. The minimum Gasteiger partial charge on any atom is -0.404 e. The molecule has 0 aliphatic carbocycles. The summed E-state index contributed by atoms with van der Waals surface area (Å²) in [7, 11) is -8.05. The lowest BCUT2D eigenvalue weighted by Gasteiger charge is -2.21. The average molecular weight is 449 g/mol. The Morgan fingerprint density at radius 1 is 0.966 bits per heavy atom. The largest absolute Gasteiger partial charge is 0.573 e. The molecule has 6 nitrogen and oxygen atoms in total. The highest BCUT2D eigenvalue weighted by Gasteiger charge is 2.38. The Balaban J connectivity index is 1.92. The first-order chi connectivity index (χ1) is 13.5. The number of hydrogen-bond donors (Lipinski definition) is 0. The summed E-state index contributed by atoms with van der Waals surface area (Å²) in [6.45, 7) is -0.504. The quantitative estimate of drug-likeness (QED) is 0.717. The van der Waals surface area contributed by atoms with Gasteiger partial charge in [0.1, 0.15) is 10.6 Å². The highest BCUT2D eigenvalue weighted by molar-refractivity contribution is 7.92. The van der Waals surface area contributed by atoms with Crippen molar-refractivity contribution in [3.8, 4) is 5.75 Å². The Morgan fingerprint density at radius 2 is 1.59 bits per heavy atom. The van der Waals surface area contributed by atoms with E-state index in [1.54, 1.807) is 30.3 Å². The van der Waals surface area contributed by atoms with Gasteiger partial charge in [-0.3, -0.25) is 0 Å². The molecule has 0 bridgehead atoms. The molecule has 0 saturated carbocycles. The zero-order valence-electron chi connectivity index (χ0n) is 15.0. The molecule has 1 atom stereocenters. The van der Waals surface area contributed by atoms with Crippen LogP contribution in [0.1, 0.15) is 17.2 Å². The van der Waals surface area contributed by atoms with Crippen LogP contribution in [0.3, 0.4) is 0 Å². The van der Waals surface area contributed by atoms with E-state index in [-0.39, 0.29) is 19.5 Å². The van der Waals surface area contributed by atoms with Gasteiger partial charge in [0.05, 0.1) is 11.0 Å². The third kappa shape index (κ3) is 4.90. The number of nitrogens with zero attached hydrogens (tertiary/aromatic N) is 1. The first-order valence-corrected chi connectivity index (χ1v) is 11.8.